The first-order valence-corrected chi connectivity index (χ1v) is 18.1. The molecule has 0 amide bonds. The van der Waals surface area contributed by atoms with Crippen LogP contribution in [-0.2, 0) is 0 Å². The van der Waals surface area contributed by atoms with Gasteiger partial charge >= 0.3 is 0 Å². The highest BCUT2D eigenvalue weighted by Crippen LogP contribution is 2.15. The lowest BCUT2D eigenvalue weighted by Crippen LogP contribution is -2.06. The second-order valence-electron chi connectivity index (χ2n) is 12.4. The topological polar surface area (TPSA) is 26.1 Å². The van der Waals surface area contributed by atoms with E-state index < -0.39 is 0 Å². The van der Waals surface area contributed by atoms with Crippen LogP contribution in [0.25, 0.3) is 0 Å². The molecule has 0 aliphatic heterocycles. The van der Waals surface area contributed by atoms with E-state index in [0.29, 0.717) is 6.54 Å². The lowest BCUT2D eigenvalue weighted by molar-refractivity contribution is -0.454. The molecule has 0 unspecified atom stereocenters. The van der Waals surface area contributed by atoms with Gasteiger partial charge in [-0.1, -0.05) is 194 Å². The average molecular weight is 536 g/mol. The highest BCUT2D eigenvalue weighted by Gasteiger charge is 1.98. The highest BCUT2D eigenvalue weighted by molar-refractivity contribution is 5.50. The van der Waals surface area contributed by atoms with Crippen LogP contribution >= 0.6 is 0 Å². The van der Waals surface area contributed by atoms with Gasteiger partial charge in [0.25, 0.3) is 0 Å². The Morgan fingerprint density at radius 1 is 0.342 bits per heavy atom. The number of nitrogens with zero attached hydrogens (tertiary/aromatic N) is 1. The fourth-order valence-corrected chi connectivity index (χ4v) is 5.66. The van der Waals surface area contributed by atoms with Crippen molar-refractivity contribution in [1.29, 1.82) is 0 Å². The van der Waals surface area contributed by atoms with Crippen LogP contribution in [0.5, 0.6) is 0 Å². The molecule has 0 rings (SSSR count). The summed E-state index contributed by atoms with van der Waals surface area (Å²) in [4.78, 5) is 0. The average Bonchev–Trinajstić information content (AvgIpc) is 2.92. The van der Waals surface area contributed by atoms with E-state index in [4.69, 9.17) is 0 Å². The molecule has 2 heteroatoms. The van der Waals surface area contributed by atoms with Crippen molar-refractivity contribution in [3.05, 3.63) is 5.21 Å². The van der Waals surface area contributed by atoms with Crippen LogP contribution in [0, 0.1) is 5.21 Å². The van der Waals surface area contributed by atoms with Gasteiger partial charge in [0, 0.05) is 12.8 Å². The summed E-state index contributed by atoms with van der Waals surface area (Å²) in [7, 11) is 0. The quantitative estimate of drug-likeness (QED) is 0.0270. The molecule has 0 aromatic carbocycles. The lowest BCUT2D eigenvalue weighted by Gasteiger charge is -2.05. The zero-order valence-corrected chi connectivity index (χ0v) is 26.8. The molecule has 0 saturated carbocycles. The normalized spacial score (nSPS) is 12.0. The Kier molecular flexibility index (Phi) is 34.0. The molecule has 38 heavy (non-hydrogen) atoms. The van der Waals surface area contributed by atoms with E-state index >= 15 is 0 Å². The summed E-state index contributed by atoms with van der Waals surface area (Å²) in [6.45, 7) is 5.29. The standard InChI is InChI=1S/C36H73NO/c1-3-5-7-9-11-13-15-17-19-20-22-24-26-28-30-32-34-36-37(38)35-33-31-29-27-25-23-21-18-16-14-12-10-8-6-4-2/h36H,3-35H2,1-2H3. The van der Waals surface area contributed by atoms with E-state index in [1.54, 1.807) is 0 Å². The molecule has 0 spiro atoms. The zero-order chi connectivity index (χ0) is 27.6. The number of unbranched alkanes of at least 4 members (excludes halogenated alkanes) is 30. The summed E-state index contributed by atoms with van der Waals surface area (Å²) in [5.41, 5.74) is 0. The maximum Gasteiger partial charge on any atom is 0.153 e. The molecule has 0 heterocycles. The van der Waals surface area contributed by atoms with Crippen molar-refractivity contribution in [2.45, 2.75) is 219 Å². The third kappa shape index (κ3) is 33.5. The molecule has 0 aromatic heterocycles. The van der Waals surface area contributed by atoms with Crippen molar-refractivity contribution in [1.82, 2.24) is 0 Å². The predicted octanol–water partition coefficient (Wildman–Crippen LogP) is 13.1. The third-order valence-electron chi connectivity index (χ3n) is 8.37. The van der Waals surface area contributed by atoms with Crippen LogP contribution in [0.15, 0.2) is 0 Å². The fourth-order valence-electron chi connectivity index (χ4n) is 5.66. The van der Waals surface area contributed by atoms with Gasteiger partial charge in [-0.3, -0.25) is 0 Å². The molecule has 0 radical (unpaired) electrons. The lowest BCUT2D eigenvalue weighted by atomic mass is 10.0. The van der Waals surface area contributed by atoms with Crippen LogP contribution < -0.4 is 0 Å². The van der Waals surface area contributed by atoms with Gasteiger partial charge in [-0.15, -0.1) is 0 Å². The number of hydrogen-bond donors (Lipinski definition) is 0. The van der Waals surface area contributed by atoms with Gasteiger partial charge in [-0.25, -0.2) is 4.74 Å². The molecule has 0 atom stereocenters. The number of hydroxylamine groups is 1. The van der Waals surface area contributed by atoms with Crippen LogP contribution in [0.4, 0.5) is 0 Å². The Morgan fingerprint density at radius 3 is 0.868 bits per heavy atom. The third-order valence-corrected chi connectivity index (χ3v) is 8.37. The maximum absolute atomic E-state index is 12.0. The molecule has 228 valence electrons. The Morgan fingerprint density at radius 2 is 0.579 bits per heavy atom. The minimum Gasteiger partial charge on any atom is -0.624 e. The summed E-state index contributed by atoms with van der Waals surface area (Å²) in [6, 6.07) is 0. The number of hydrogen-bond acceptors (Lipinski definition) is 1. The van der Waals surface area contributed by atoms with Gasteiger partial charge in [0.05, 0.1) is 0 Å². The van der Waals surface area contributed by atoms with Gasteiger partial charge < -0.3 is 5.21 Å². The first kappa shape index (κ1) is 37.5. The smallest absolute Gasteiger partial charge is 0.153 e. The van der Waals surface area contributed by atoms with Gasteiger partial charge in [0.15, 0.2) is 12.8 Å². The molecule has 0 aliphatic carbocycles. The summed E-state index contributed by atoms with van der Waals surface area (Å²) >= 11 is 0. The van der Waals surface area contributed by atoms with Crippen LogP contribution in [0.1, 0.15) is 219 Å². The fraction of sp³-hybridized carbons (Fsp3) is 0.972. The monoisotopic (exact) mass is 536 g/mol. The van der Waals surface area contributed by atoms with E-state index in [-0.39, 0.29) is 0 Å². The molecule has 0 aliphatic rings. The Balaban J connectivity index is 3.20. The van der Waals surface area contributed by atoms with Crippen molar-refractivity contribution < 1.29 is 4.74 Å². The Labute approximate surface area is 241 Å². The minimum atomic E-state index is 0.705. The largest absolute Gasteiger partial charge is 0.624 e. The van der Waals surface area contributed by atoms with E-state index in [2.05, 4.69) is 13.8 Å². The second kappa shape index (κ2) is 34.5. The minimum absolute atomic E-state index is 0.705. The SMILES string of the molecule is CCCCCCCCCCCCCCCCCCC=[N+]([O-])CCCCCCCCCCCCCCCCC. The van der Waals surface area contributed by atoms with Crippen LogP contribution in [0.3, 0.4) is 0 Å². The van der Waals surface area contributed by atoms with E-state index in [0.717, 1.165) is 12.8 Å². The second-order valence-corrected chi connectivity index (χ2v) is 12.4. The molecule has 0 N–H and O–H groups in total. The maximum atomic E-state index is 12.0. The molecule has 0 bridgehead atoms. The molecule has 0 aromatic rings. The van der Waals surface area contributed by atoms with E-state index in [1.165, 1.54) is 197 Å². The number of rotatable bonds is 33. The van der Waals surface area contributed by atoms with Crippen LogP contribution in [-0.4, -0.2) is 17.5 Å². The Hall–Kier alpha value is -0.530. The first-order valence-electron chi connectivity index (χ1n) is 18.1. The highest BCUT2D eigenvalue weighted by atomic mass is 16.5. The summed E-state index contributed by atoms with van der Waals surface area (Å²) < 4.78 is 1.22. The first-order chi connectivity index (χ1) is 18.8. The zero-order valence-electron chi connectivity index (χ0n) is 26.8. The van der Waals surface area contributed by atoms with E-state index in [9.17, 15) is 5.21 Å². The van der Waals surface area contributed by atoms with Gasteiger partial charge in [0.1, 0.15) is 0 Å². The molecular formula is C36H73NO. The molecule has 0 saturated heterocycles. The molecular weight excluding hydrogens is 462 g/mol. The van der Waals surface area contributed by atoms with Crippen molar-refractivity contribution >= 4 is 6.21 Å². The predicted molar refractivity (Wildman–Crippen MR) is 174 cm³/mol. The van der Waals surface area contributed by atoms with Crippen molar-refractivity contribution in [3.8, 4) is 0 Å². The molecule has 0 fully saturated rings. The molecule has 2 nitrogen and oxygen atoms in total. The van der Waals surface area contributed by atoms with Gasteiger partial charge in [-0.2, -0.15) is 0 Å². The van der Waals surface area contributed by atoms with Crippen molar-refractivity contribution in [3.63, 3.8) is 0 Å². The van der Waals surface area contributed by atoms with Crippen molar-refractivity contribution in [2.24, 2.45) is 0 Å². The van der Waals surface area contributed by atoms with Crippen molar-refractivity contribution in [2.75, 3.05) is 6.54 Å². The summed E-state index contributed by atoms with van der Waals surface area (Å²) in [6.07, 6.45) is 46.0. The summed E-state index contributed by atoms with van der Waals surface area (Å²) in [5.74, 6) is 0. The van der Waals surface area contributed by atoms with Gasteiger partial charge in [0.2, 0.25) is 0 Å². The summed E-state index contributed by atoms with van der Waals surface area (Å²) in [5, 5.41) is 12.0. The van der Waals surface area contributed by atoms with Gasteiger partial charge in [-0.05, 0) is 12.8 Å². The van der Waals surface area contributed by atoms with Crippen LogP contribution in [0.2, 0.25) is 0 Å². The van der Waals surface area contributed by atoms with E-state index in [1.807, 2.05) is 6.21 Å². The Bertz CT molecular complexity index is 447.